The zero-order valence-electron chi connectivity index (χ0n) is 8.01. The summed E-state index contributed by atoms with van der Waals surface area (Å²) in [5, 5.41) is 2.45. The number of carbonyl (C=O) groups is 1. The molecule has 0 saturated heterocycles. The van der Waals surface area contributed by atoms with Gasteiger partial charge in [-0.3, -0.25) is 4.79 Å². The Morgan fingerprint density at radius 3 is 2.47 bits per heavy atom. The van der Waals surface area contributed by atoms with E-state index in [-0.39, 0.29) is 6.04 Å². The molecule has 0 bridgehead atoms. The van der Waals surface area contributed by atoms with Gasteiger partial charge in [-0.15, -0.1) is 0 Å². The van der Waals surface area contributed by atoms with E-state index in [1.807, 2.05) is 24.3 Å². The molecule has 0 aliphatic carbocycles. The fourth-order valence-corrected chi connectivity index (χ4v) is 1.44. The lowest BCUT2D eigenvalue weighted by molar-refractivity contribution is -0.124. The number of rotatable bonds is 3. The van der Waals surface area contributed by atoms with Gasteiger partial charge in [-0.25, -0.2) is 4.39 Å². The SMILES string of the molecule is CC(NC(=O)C(F)Cl)c1ccc(Br)cc1. The average Bonchev–Trinajstić information content (AvgIpc) is 2.18. The Morgan fingerprint density at radius 1 is 1.47 bits per heavy atom. The molecule has 5 heteroatoms. The summed E-state index contributed by atoms with van der Waals surface area (Å²) in [7, 11) is 0. The Kier molecular flexibility index (Phi) is 4.54. The van der Waals surface area contributed by atoms with Crippen molar-refractivity contribution in [3.8, 4) is 0 Å². The van der Waals surface area contributed by atoms with Gasteiger partial charge in [0.05, 0.1) is 6.04 Å². The van der Waals surface area contributed by atoms with Crippen LogP contribution in [0.3, 0.4) is 0 Å². The van der Waals surface area contributed by atoms with Crippen molar-refractivity contribution in [2.24, 2.45) is 0 Å². The average molecular weight is 295 g/mol. The number of hydrogen-bond donors (Lipinski definition) is 1. The number of nitrogens with one attached hydrogen (secondary N) is 1. The van der Waals surface area contributed by atoms with Gasteiger partial charge in [0.1, 0.15) is 0 Å². The summed E-state index contributed by atoms with van der Waals surface area (Å²) < 4.78 is 13.3. The van der Waals surface area contributed by atoms with Crippen molar-refractivity contribution in [3.63, 3.8) is 0 Å². The Bertz CT molecular complexity index is 342. The Labute approximate surface area is 101 Å². The molecular formula is C10H10BrClFNO. The molecule has 1 N–H and O–H groups in total. The first-order valence-corrected chi connectivity index (χ1v) is 5.57. The molecular weight excluding hydrogens is 284 g/mol. The molecule has 2 nitrogen and oxygen atoms in total. The summed E-state index contributed by atoms with van der Waals surface area (Å²) >= 11 is 8.30. The highest BCUT2D eigenvalue weighted by Gasteiger charge is 2.16. The van der Waals surface area contributed by atoms with Gasteiger partial charge in [0, 0.05) is 4.47 Å². The van der Waals surface area contributed by atoms with Crippen molar-refractivity contribution in [1.82, 2.24) is 5.32 Å². The molecule has 15 heavy (non-hydrogen) atoms. The third-order valence-electron chi connectivity index (χ3n) is 1.93. The van der Waals surface area contributed by atoms with Crippen LogP contribution >= 0.6 is 27.5 Å². The predicted molar refractivity (Wildman–Crippen MR) is 61.4 cm³/mol. The number of carbonyl (C=O) groups excluding carboxylic acids is 1. The van der Waals surface area contributed by atoms with Crippen LogP contribution in [0.1, 0.15) is 18.5 Å². The first-order chi connectivity index (χ1) is 7.00. The molecule has 0 aliphatic heterocycles. The second kappa shape index (κ2) is 5.47. The zero-order valence-corrected chi connectivity index (χ0v) is 10.3. The van der Waals surface area contributed by atoms with E-state index in [1.54, 1.807) is 6.92 Å². The summed E-state index contributed by atoms with van der Waals surface area (Å²) in [6.45, 7) is 1.76. The largest absolute Gasteiger partial charge is 0.346 e. The fourth-order valence-electron chi connectivity index (χ4n) is 1.11. The van der Waals surface area contributed by atoms with E-state index in [9.17, 15) is 9.18 Å². The quantitative estimate of drug-likeness (QED) is 0.853. The van der Waals surface area contributed by atoms with Gasteiger partial charge < -0.3 is 5.32 Å². The molecule has 2 unspecified atom stereocenters. The summed E-state index contributed by atoms with van der Waals surface area (Å²) in [5.41, 5.74) is -1.10. The second-order valence-corrected chi connectivity index (χ2v) is 4.38. The molecule has 0 saturated carbocycles. The van der Waals surface area contributed by atoms with Crippen molar-refractivity contribution in [3.05, 3.63) is 34.3 Å². The maximum atomic E-state index is 12.4. The fraction of sp³-hybridized carbons (Fsp3) is 0.300. The summed E-state index contributed by atoms with van der Waals surface area (Å²) in [4.78, 5) is 11.0. The van der Waals surface area contributed by atoms with Crippen molar-refractivity contribution in [2.75, 3.05) is 0 Å². The smallest absolute Gasteiger partial charge is 0.270 e. The van der Waals surface area contributed by atoms with Crippen molar-refractivity contribution < 1.29 is 9.18 Å². The molecule has 0 heterocycles. The molecule has 1 rings (SSSR count). The minimum Gasteiger partial charge on any atom is -0.346 e. The highest BCUT2D eigenvalue weighted by molar-refractivity contribution is 9.10. The number of alkyl halides is 2. The number of hydrogen-bond acceptors (Lipinski definition) is 1. The number of halogens is 3. The van der Waals surface area contributed by atoms with Gasteiger partial charge >= 0.3 is 0 Å². The van der Waals surface area contributed by atoms with E-state index in [0.717, 1.165) is 10.0 Å². The van der Waals surface area contributed by atoms with Gasteiger partial charge in [-0.05, 0) is 24.6 Å². The molecule has 0 aromatic heterocycles. The van der Waals surface area contributed by atoms with Gasteiger partial charge in [0.15, 0.2) is 0 Å². The van der Waals surface area contributed by atoms with Gasteiger partial charge in [0.2, 0.25) is 0 Å². The maximum Gasteiger partial charge on any atom is 0.270 e. The maximum absolute atomic E-state index is 12.4. The molecule has 0 radical (unpaired) electrons. The first-order valence-electron chi connectivity index (χ1n) is 4.34. The van der Waals surface area contributed by atoms with E-state index < -0.39 is 11.5 Å². The van der Waals surface area contributed by atoms with E-state index in [0.29, 0.717) is 0 Å². The van der Waals surface area contributed by atoms with Crippen LogP contribution in [-0.4, -0.2) is 11.5 Å². The van der Waals surface area contributed by atoms with E-state index in [1.165, 1.54) is 0 Å². The van der Waals surface area contributed by atoms with Gasteiger partial charge in [-0.2, -0.15) is 0 Å². The van der Waals surface area contributed by atoms with Crippen LogP contribution in [-0.2, 0) is 4.79 Å². The lowest BCUT2D eigenvalue weighted by Crippen LogP contribution is -2.31. The second-order valence-electron chi connectivity index (χ2n) is 3.08. The summed E-state index contributed by atoms with van der Waals surface area (Å²) in [5.74, 6) is -0.813. The van der Waals surface area contributed by atoms with Crippen LogP contribution in [0, 0.1) is 0 Å². The lowest BCUT2D eigenvalue weighted by atomic mass is 10.1. The number of benzene rings is 1. The molecule has 2 atom stereocenters. The van der Waals surface area contributed by atoms with E-state index >= 15 is 0 Å². The minimum absolute atomic E-state index is 0.261. The van der Waals surface area contributed by atoms with Crippen LogP contribution in [0.15, 0.2) is 28.7 Å². The molecule has 0 spiro atoms. The highest BCUT2D eigenvalue weighted by Crippen LogP contribution is 2.16. The van der Waals surface area contributed by atoms with Crippen LogP contribution in [0.4, 0.5) is 4.39 Å². The normalized spacial score (nSPS) is 14.4. The predicted octanol–water partition coefficient (Wildman–Crippen LogP) is 3.16. The Morgan fingerprint density at radius 2 is 2.00 bits per heavy atom. The van der Waals surface area contributed by atoms with Crippen LogP contribution in [0.25, 0.3) is 0 Å². The van der Waals surface area contributed by atoms with Gasteiger partial charge in [-0.1, -0.05) is 39.7 Å². The molecule has 1 aromatic rings. The van der Waals surface area contributed by atoms with Crippen molar-refractivity contribution in [1.29, 1.82) is 0 Å². The summed E-state index contributed by atoms with van der Waals surface area (Å²) in [6, 6.07) is 7.13. The topological polar surface area (TPSA) is 29.1 Å². The van der Waals surface area contributed by atoms with Crippen LogP contribution < -0.4 is 5.32 Å². The van der Waals surface area contributed by atoms with Crippen molar-refractivity contribution in [2.45, 2.75) is 18.6 Å². The standard InChI is InChI=1S/C10H10BrClFNO/c1-6(14-10(15)9(12)13)7-2-4-8(11)5-3-7/h2-6,9H,1H3,(H,14,15). The number of amides is 1. The molecule has 0 aliphatic rings. The van der Waals surface area contributed by atoms with Crippen LogP contribution in [0.5, 0.6) is 0 Å². The zero-order chi connectivity index (χ0) is 11.4. The lowest BCUT2D eigenvalue weighted by Gasteiger charge is -2.14. The van der Waals surface area contributed by atoms with E-state index in [4.69, 9.17) is 11.6 Å². The minimum atomic E-state index is -2.00. The first kappa shape index (κ1) is 12.5. The monoisotopic (exact) mass is 293 g/mol. The molecule has 0 fully saturated rings. The summed E-state index contributed by atoms with van der Waals surface area (Å²) in [6.07, 6.45) is 0. The molecule has 82 valence electrons. The molecule has 1 amide bonds. The van der Waals surface area contributed by atoms with Crippen LogP contribution in [0.2, 0.25) is 0 Å². The van der Waals surface area contributed by atoms with Gasteiger partial charge in [0.25, 0.3) is 11.5 Å². The van der Waals surface area contributed by atoms with E-state index in [2.05, 4.69) is 21.2 Å². The van der Waals surface area contributed by atoms with Crippen molar-refractivity contribution >= 4 is 33.4 Å². The third kappa shape index (κ3) is 3.80. The Balaban J connectivity index is 2.65. The highest BCUT2D eigenvalue weighted by atomic mass is 79.9. The Hall–Kier alpha value is -0.610. The third-order valence-corrected chi connectivity index (χ3v) is 2.65. The molecule has 1 aromatic carbocycles.